The van der Waals surface area contributed by atoms with Crippen LogP contribution in [-0.4, -0.2) is 13.4 Å². The molecule has 1 aromatic heterocycles. The minimum absolute atomic E-state index is 0.0500. The summed E-state index contributed by atoms with van der Waals surface area (Å²) in [6, 6.07) is 13.5. The summed E-state index contributed by atoms with van der Waals surface area (Å²) < 4.78 is 27.9. The molecule has 0 unspecified atom stereocenters. The first-order valence-electron chi connectivity index (χ1n) is 5.45. The summed E-state index contributed by atoms with van der Waals surface area (Å²) in [5.41, 5.74) is 2.14. The number of para-hydroxylation sites is 2. The summed E-state index contributed by atoms with van der Waals surface area (Å²) in [4.78, 5) is 4.38. The Bertz CT molecular complexity index is 805. The van der Waals surface area contributed by atoms with Gasteiger partial charge in [-0.05, 0) is 36.4 Å². The van der Waals surface area contributed by atoms with E-state index in [9.17, 15) is 8.42 Å². The van der Waals surface area contributed by atoms with E-state index in [0.717, 1.165) is 5.52 Å². The molecular formula is C13H8ClNO3S. The normalized spacial score (nSPS) is 11.8. The Labute approximate surface area is 114 Å². The van der Waals surface area contributed by atoms with Crippen LogP contribution in [0, 0.1) is 0 Å². The largest absolute Gasteiger partial charge is 0.436 e. The first kappa shape index (κ1) is 12.2. The van der Waals surface area contributed by atoms with Crippen molar-refractivity contribution in [3.63, 3.8) is 0 Å². The van der Waals surface area contributed by atoms with Gasteiger partial charge in [-0.25, -0.2) is 13.4 Å². The lowest BCUT2D eigenvalue weighted by Crippen LogP contribution is -1.89. The maximum Gasteiger partial charge on any atom is 0.261 e. The van der Waals surface area contributed by atoms with E-state index in [4.69, 9.17) is 15.1 Å². The van der Waals surface area contributed by atoms with Crippen molar-refractivity contribution in [3.05, 3.63) is 48.5 Å². The highest BCUT2D eigenvalue weighted by molar-refractivity contribution is 8.13. The quantitative estimate of drug-likeness (QED) is 0.679. The van der Waals surface area contributed by atoms with Gasteiger partial charge in [-0.1, -0.05) is 12.1 Å². The number of hydrogen-bond acceptors (Lipinski definition) is 4. The summed E-state index contributed by atoms with van der Waals surface area (Å²) in [7, 11) is 1.55. The van der Waals surface area contributed by atoms with Crippen LogP contribution < -0.4 is 0 Å². The highest BCUT2D eigenvalue weighted by atomic mass is 35.7. The zero-order valence-corrected chi connectivity index (χ0v) is 11.1. The number of oxazole rings is 1. The predicted molar refractivity (Wildman–Crippen MR) is 72.5 cm³/mol. The molecule has 0 saturated carbocycles. The maximum absolute atomic E-state index is 11.1. The van der Waals surface area contributed by atoms with Crippen molar-refractivity contribution >= 4 is 30.8 Å². The number of nitrogens with zero attached hydrogens (tertiary/aromatic N) is 1. The van der Waals surface area contributed by atoms with Crippen molar-refractivity contribution in [2.24, 2.45) is 0 Å². The molecule has 0 amide bonds. The molecule has 0 fully saturated rings. The lowest BCUT2D eigenvalue weighted by atomic mass is 10.2. The molecule has 0 aliphatic carbocycles. The van der Waals surface area contributed by atoms with Gasteiger partial charge in [0.05, 0.1) is 4.90 Å². The van der Waals surface area contributed by atoms with Crippen LogP contribution in [0.3, 0.4) is 0 Å². The van der Waals surface area contributed by atoms with Crippen LogP contribution in [0.25, 0.3) is 22.6 Å². The van der Waals surface area contributed by atoms with Gasteiger partial charge >= 0.3 is 0 Å². The average Bonchev–Trinajstić information content (AvgIpc) is 2.81. The fourth-order valence-corrected chi connectivity index (χ4v) is 2.53. The number of fused-ring (bicyclic) bond motifs is 1. The SMILES string of the molecule is O=S(=O)(Cl)c1ccc(-c2nc3ccccc3o2)cc1. The topological polar surface area (TPSA) is 60.2 Å². The second kappa shape index (κ2) is 4.36. The van der Waals surface area contributed by atoms with Crippen molar-refractivity contribution in [2.75, 3.05) is 0 Å². The number of hydrogen-bond donors (Lipinski definition) is 0. The summed E-state index contributed by atoms with van der Waals surface area (Å²) in [6.45, 7) is 0. The first-order chi connectivity index (χ1) is 9.04. The van der Waals surface area contributed by atoms with Crippen LogP contribution in [0.4, 0.5) is 0 Å². The summed E-state index contributed by atoms with van der Waals surface area (Å²) in [5, 5.41) is 0. The molecule has 0 atom stereocenters. The first-order valence-corrected chi connectivity index (χ1v) is 7.76. The third-order valence-corrected chi connectivity index (χ3v) is 4.05. The lowest BCUT2D eigenvalue weighted by Gasteiger charge is -1.97. The lowest BCUT2D eigenvalue weighted by molar-refractivity contribution is 0.609. The summed E-state index contributed by atoms with van der Waals surface area (Å²) >= 11 is 0. The van der Waals surface area contributed by atoms with Gasteiger partial charge in [0.25, 0.3) is 9.05 Å². The fraction of sp³-hybridized carbons (Fsp3) is 0. The van der Waals surface area contributed by atoms with Gasteiger partial charge in [-0.15, -0.1) is 0 Å². The molecule has 96 valence electrons. The molecular weight excluding hydrogens is 286 g/mol. The molecule has 0 radical (unpaired) electrons. The fourth-order valence-electron chi connectivity index (χ4n) is 1.76. The number of halogens is 1. The van der Waals surface area contributed by atoms with E-state index in [1.807, 2.05) is 24.3 Å². The van der Waals surface area contributed by atoms with Crippen LogP contribution in [0.1, 0.15) is 0 Å². The smallest absolute Gasteiger partial charge is 0.261 e. The third kappa shape index (κ3) is 2.34. The molecule has 4 nitrogen and oxygen atoms in total. The van der Waals surface area contributed by atoms with Crippen molar-refractivity contribution in [1.82, 2.24) is 4.98 Å². The van der Waals surface area contributed by atoms with Crippen molar-refractivity contribution in [2.45, 2.75) is 4.90 Å². The van der Waals surface area contributed by atoms with E-state index < -0.39 is 9.05 Å². The Morgan fingerprint density at radius 3 is 2.32 bits per heavy atom. The molecule has 0 saturated heterocycles. The van der Waals surface area contributed by atoms with Gasteiger partial charge in [0.1, 0.15) is 5.52 Å². The van der Waals surface area contributed by atoms with Crippen molar-refractivity contribution in [1.29, 1.82) is 0 Å². The van der Waals surface area contributed by atoms with E-state index in [1.54, 1.807) is 12.1 Å². The van der Waals surface area contributed by atoms with Crippen LogP contribution in [0.5, 0.6) is 0 Å². The predicted octanol–water partition coefficient (Wildman–Crippen LogP) is 3.42. The molecule has 0 bridgehead atoms. The van der Waals surface area contributed by atoms with E-state index in [2.05, 4.69) is 4.98 Å². The molecule has 1 heterocycles. The molecule has 6 heteroatoms. The van der Waals surface area contributed by atoms with Crippen LogP contribution in [0.2, 0.25) is 0 Å². The molecule has 3 aromatic rings. The zero-order valence-electron chi connectivity index (χ0n) is 9.58. The van der Waals surface area contributed by atoms with Gasteiger partial charge in [-0.3, -0.25) is 0 Å². The van der Waals surface area contributed by atoms with Gasteiger partial charge < -0.3 is 4.42 Å². The van der Waals surface area contributed by atoms with Gasteiger partial charge in [0.15, 0.2) is 5.58 Å². The Morgan fingerprint density at radius 1 is 1.00 bits per heavy atom. The highest BCUT2D eigenvalue weighted by Gasteiger charge is 2.12. The van der Waals surface area contributed by atoms with E-state index in [0.29, 0.717) is 17.0 Å². The molecule has 0 N–H and O–H groups in total. The Balaban J connectivity index is 2.07. The molecule has 19 heavy (non-hydrogen) atoms. The molecule has 0 aliphatic heterocycles. The van der Waals surface area contributed by atoms with Crippen LogP contribution in [0.15, 0.2) is 57.8 Å². The summed E-state index contributed by atoms with van der Waals surface area (Å²) in [6.07, 6.45) is 0. The monoisotopic (exact) mass is 293 g/mol. The minimum Gasteiger partial charge on any atom is -0.436 e. The number of rotatable bonds is 2. The van der Waals surface area contributed by atoms with Crippen LogP contribution >= 0.6 is 10.7 Å². The van der Waals surface area contributed by atoms with E-state index >= 15 is 0 Å². The third-order valence-electron chi connectivity index (χ3n) is 2.68. The second-order valence-electron chi connectivity index (χ2n) is 3.95. The van der Waals surface area contributed by atoms with Crippen molar-refractivity contribution < 1.29 is 12.8 Å². The van der Waals surface area contributed by atoms with Gasteiger partial charge in [-0.2, -0.15) is 0 Å². The summed E-state index contributed by atoms with van der Waals surface area (Å²) in [5.74, 6) is 0.444. The standard InChI is InChI=1S/C13H8ClNO3S/c14-19(16,17)10-7-5-9(6-8-10)13-15-11-3-1-2-4-12(11)18-13/h1-8H. The zero-order chi connectivity index (χ0) is 13.5. The highest BCUT2D eigenvalue weighted by Crippen LogP contribution is 2.25. The van der Waals surface area contributed by atoms with Gasteiger partial charge in [0, 0.05) is 16.2 Å². The molecule has 3 rings (SSSR count). The number of aromatic nitrogens is 1. The van der Waals surface area contributed by atoms with E-state index in [1.165, 1.54) is 12.1 Å². The minimum atomic E-state index is -3.71. The van der Waals surface area contributed by atoms with E-state index in [-0.39, 0.29) is 4.90 Å². The average molecular weight is 294 g/mol. The Kier molecular flexibility index (Phi) is 2.80. The van der Waals surface area contributed by atoms with Crippen molar-refractivity contribution in [3.8, 4) is 11.5 Å². The Morgan fingerprint density at radius 2 is 1.68 bits per heavy atom. The second-order valence-corrected chi connectivity index (χ2v) is 6.51. The maximum atomic E-state index is 11.1. The molecule has 2 aromatic carbocycles. The molecule has 0 spiro atoms. The van der Waals surface area contributed by atoms with Gasteiger partial charge in [0.2, 0.25) is 5.89 Å². The number of benzene rings is 2. The Hall–Kier alpha value is -1.85. The van der Waals surface area contributed by atoms with Crippen LogP contribution in [-0.2, 0) is 9.05 Å². The molecule has 0 aliphatic rings.